The summed E-state index contributed by atoms with van der Waals surface area (Å²) in [5, 5.41) is 8.76. The Morgan fingerprint density at radius 2 is 1.92 bits per heavy atom. The van der Waals surface area contributed by atoms with Crippen molar-refractivity contribution in [2.75, 3.05) is 18.9 Å². The average molecular weight is 176 g/mol. The molecule has 0 bridgehead atoms. The third kappa shape index (κ3) is 1.14. The molecule has 0 aliphatic carbocycles. The van der Waals surface area contributed by atoms with Crippen molar-refractivity contribution in [3.05, 3.63) is 17.7 Å². The highest BCUT2D eigenvalue weighted by atomic mass is 16.6. The van der Waals surface area contributed by atoms with Gasteiger partial charge < -0.3 is 15.2 Å². The first-order chi connectivity index (χ1) is 6.33. The second-order valence-corrected chi connectivity index (χ2v) is 2.67. The molecule has 1 aromatic carbocycles. The van der Waals surface area contributed by atoms with Crippen molar-refractivity contribution in [2.45, 2.75) is 0 Å². The highest BCUT2D eigenvalue weighted by molar-refractivity contribution is 5.66. The largest absolute Gasteiger partial charge is 0.485 e. The van der Waals surface area contributed by atoms with E-state index in [0.29, 0.717) is 36.0 Å². The zero-order valence-corrected chi connectivity index (χ0v) is 6.91. The first-order valence-electron chi connectivity index (χ1n) is 3.91. The molecule has 4 heteroatoms. The Balaban J connectivity index is 2.61. The fraction of sp³-hybridized carbons (Fsp3) is 0.222. The van der Waals surface area contributed by atoms with Gasteiger partial charge in [0, 0.05) is 0 Å². The van der Waals surface area contributed by atoms with Crippen molar-refractivity contribution in [1.29, 1.82) is 5.26 Å². The highest BCUT2D eigenvalue weighted by Gasteiger charge is 2.18. The Hall–Kier alpha value is -1.89. The molecule has 1 aromatic rings. The predicted molar refractivity (Wildman–Crippen MR) is 46.6 cm³/mol. The lowest BCUT2D eigenvalue weighted by molar-refractivity contribution is 0.172. The van der Waals surface area contributed by atoms with Crippen molar-refractivity contribution in [3.8, 4) is 17.6 Å². The van der Waals surface area contributed by atoms with Crippen LogP contribution in [0.15, 0.2) is 12.1 Å². The molecule has 1 aliphatic heterocycles. The molecule has 13 heavy (non-hydrogen) atoms. The monoisotopic (exact) mass is 176 g/mol. The molecule has 2 rings (SSSR count). The zero-order chi connectivity index (χ0) is 9.26. The molecule has 0 saturated carbocycles. The van der Waals surface area contributed by atoms with Gasteiger partial charge in [-0.05, 0) is 12.1 Å². The van der Waals surface area contributed by atoms with E-state index in [4.69, 9.17) is 20.5 Å². The van der Waals surface area contributed by atoms with Gasteiger partial charge in [0.15, 0.2) is 11.5 Å². The number of nitrogens with two attached hydrogens (primary N) is 1. The van der Waals surface area contributed by atoms with E-state index >= 15 is 0 Å². The number of nitrogen functional groups attached to an aromatic ring is 1. The summed E-state index contributed by atoms with van der Waals surface area (Å²) in [5.74, 6) is 0.957. The number of hydrogen-bond donors (Lipinski definition) is 1. The summed E-state index contributed by atoms with van der Waals surface area (Å²) in [4.78, 5) is 0. The van der Waals surface area contributed by atoms with Gasteiger partial charge in [-0.25, -0.2) is 0 Å². The fourth-order valence-corrected chi connectivity index (χ4v) is 1.25. The minimum absolute atomic E-state index is 0.462. The van der Waals surface area contributed by atoms with E-state index in [1.807, 2.05) is 6.07 Å². The molecule has 0 atom stereocenters. The molecule has 0 amide bonds. The molecule has 0 fully saturated rings. The van der Waals surface area contributed by atoms with Crippen molar-refractivity contribution >= 4 is 5.69 Å². The number of benzene rings is 1. The van der Waals surface area contributed by atoms with Crippen LogP contribution in [0.25, 0.3) is 0 Å². The van der Waals surface area contributed by atoms with Gasteiger partial charge in [0.1, 0.15) is 19.3 Å². The third-order valence-electron chi connectivity index (χ3n) is 1.84. The molecule has 1 heterocycles. The van der Waals surface area contributed by atoms with Gasteiger partial charge in [0.05, 0.1) is 11.3 Å². The zero-order valence-electron chi connectivity index (χ0n) is 6.91. The number of rotatable bonds is 0. The highest BCUT2D eigenvalue weighted by Crippen LogP contribution is 2.38. The van der Waals surface area contributed by atoms with Gasteiger partial charge in [-0.3, -0.25) is 0 Å². The van der Waals surface area contributed by atoms with Gasteiger partial charge >= 0.3 is 0 Å². The summed E-state index contributed by atoms with van der Waals surface area (Å²) in [6.07, 6.45) is 0. The first kappa shape index (κ1) is 7.74. The Kier molecular flexibility index (Phi) is 1.71. The summed E-state index contributed by atoms with van der Waals surface area (Å²) in [6.45, 7) is 0.942. The molecule has 1 aliphatic rings. The lowest BCUT2D eigenvalue weighted by Gasteiger charge is -2.20. The number of anilines is 1. The molecule has 0 radical (unpaired) electrons. The lowest BCUT2D eigenvalue weighted by atomic mass is 10.1. The van der Waals surface area contributed by atoms with Gasteiger partial charge in [-0.1, -0.05) is 0 Å². The Morgan fingerprint density at radius 3 is 2.62 bits per heavy atom. The van der Waals surface area contributed by atoms with Crippen LogP contribution in [-0.4, -0.2) is 13.2 Å². The third-order valence-corrected chi connectivity index (χ3v) is 1.84. The fourth-order valence-electron chi connectivity index (χ4n) is 1.25. The van der Waals surface area contributed by atoms with Crippen molar-refractivity contribution in [1.82, 2.24) is 0 Å². The maximum Gasteiger partial charge on any atom is 0.185 e. The van der Waals surface area contributed by atoms with E-state index in [2.05, 4.69) is 0 Å². The van der Waals surface area contributed by atoms with Crippen LogP contribution in [0.2, 0.25) is 0 Å². The molecule has 4 nitrogen and oxygen atoms in total. The van der Waals surface area contributed by atoms with Crippen molar-refractivity contribution in [3.63, 3.8) is 0 Å². The van der Waals surface area contributed by atoms with Crippen LogP contribution < -0.4 is 15.2 Å². The molecule has 66 valence electrons. The van der Waals surface area contributed by atoms with Crippen LogP contribution in [0.5, 0.6) is 11.5 Å². The van der Waals surface area contributed by atoms with E-state index in [1.54, 1.807) is 12.1 Å². The average Bonchev–Trinajstić information content (AvgIpc) is 2.19. The molecule has 0 aromatic heterocycles. The second-order valence-electron chi connectivity index (χ2n) is 2.67. The SMILES string of the molecule is N#Cc1ccc(N)c2c1OCCO2. The summed E-state index contributed by atoms with van der Waals surface area (Å²) in [6, 6.07) is 5.29. The van der Waals surface area contributed by atoms with E-state index in [0.717, 1.165) is 0 Å². The first-order valence-corrected chi connectivity index (χ1v) is 3.91. The molecule has 0 saturated heterocycles. The maximum absolute atomic E-state index is 8.76. The van der Waals surface area contributed by atoms with Crippen LogP contribution in [0.1, 0.15) is 5.56 Å². The van der Waals surface area contributed by atoms with Crippen LogP contribution in [0, 0.1) is 11.3 Å². The minimum Gasteiger partial charge on any atom is -0.485 e. The summed E-state index contributed by atoms with van der Waals surface area (Å²) >= 11 is 0. The van der Waals surface area contributed by atoms with Crippen LogP contribution in [0.3, 0.4) is 0 Å². The molecule has 2 N–H and O–H groups in total. The summed E-state index contributed by atoms with van der Waals surface area (Å²) in [7, 11) is 0. The second kappa shape index (κ2) is 2.87. The number of ether oxygens (including phenoxy) is 2. The Morgan fingerprint density at radius 1 is 1.23 bits per heavy atom. The topological polar surface area (TPSA) is 68.3 Å². The summed E-state index contributed by atoms with van der Waals surface area (Å²) < 4.78 is 10.6. The van der Waals surface area contributed by atoms with Gasteiger partial charge in [-0.2, -0.15) is 5.26 Å². The van der Waals surface area contributed by atoms with Crippen LogP contribution in [-0.2, 0) is 0 Å². The van der Waals surface area contributed by atoms with Gasteiger partial charge in [0.25, 0.3) is 0 Å². The lowest BCUT2D eigenvalue weighted by Crippen LogP contribution is -2.17. The summed E-state index contributed by atoms with van der Waals surface area (Å²) in [5.41, 5.74) is 6.62. The number of nitriles is 1. The normalized spacial score (nSPS) is 13.5. The molecular formula is C9H8N2O2. The van der Waals surface area contributed by atoms with Crippen LogP contribution in [0.4, 0.5) is 5.69 Å². The number of nitrogens with zero attached hydrogens (tertiary/aromatic N) is 1. The molecule has 0 spiro atoms. The van der Waals surface area contributed by atoms with Crippen LogP contribution >= 0.6 is 0 Å². The van der Waals surface area contributed by atoms with E-state index in [-0.39, 0.29) is 0 Å². The number of hydrogen-bond acceptors (Lipinski definition) is 4. The van der Waals surface area contributed by atoms with Crippen molar-refractivity contribution in [2.24, 2.45) is 0 Å². The minimum atomic E-state index is 0.462. The number of fused-ring (bicyclic) bond motifs is 1. The standard InChI is InChI=1S/C9H8N2O2/c10-5-6-1-2-7(11)9-8(6)12-3-4-13-9/h1-2H,3-4,11H2. The van der Waals surface area contributed by atoms with Gasteiger partial charge in [0.2, 0.25) is 0 Å². The van der Waals surface area contributed by atoms with E-state index in [1.165, 1.54) is 0 Å². The quantitative estimate of drug-likeness (QED) is 0.596. The molecule has 0 unspecified atom stereocenters. The van der Waals surface area contributed by atoms with Gasteiger partial charge in [-0.15, -0.1) is 0 Å². The van der Waals surface area contributed by atoms with Crippen molar-refractivity contribution < 1.29 is 9.47 Å². The Labute approximate surface area is 75.5 Å². The smallest absolute Gasteiger partial charge is 0.185 e. The van der Waals surface area contributed by atoms with E-state index in [9.17, 15) is 0 Å². The predicted octanol–water partition coefficient (Wildman–Crippen LogP) is 0.912. The Bertz CT molecular complexity index is 382. The van der Waals surface area contributed by atoms with E-state index < -0.39 is 0 Å². The maximum atomic E-state index is 8.76. The molecular weight excluding hydrogens is 168 g/mol.